The first-order valence-corrected chi connectivity index (χ1v) is 12.0. The molecule has 0 saturated carbocycles. The van der Waals surface area contributed by atoms with E-state index in [1.807, 2.05) is 0 Å². The minimum absolute atomic E-state index is 0.0603. The Morgan fingerprint density at radius 1 is 1.03 bits per heavy atom. The van der Waals surface area contributed by atoms with Crippen molar-refractivity contribution in [3.63, 3.8) is 0 Å². The summed E-state index contributed by atoms with van der Waals surface area (Å²) in [6.45, 7) is 3.26. The van der Waals surface area contributed by atoms with Gasteiger partial charge in [0.05, 0.1) is 24.8 Å². The Kier molecular flexibility index (Phi) is 8.43. The number of aliphatic carboxylic acids is 1. The number of alkyl halides is 3. The molecule has 35 heavy (non-hydrogen) atoms. The van der Waals surface area contributed by atoms with Crippen LogP contribution in [0.4, 0.5) is 18.9 Å². The van der Waals surface area contributed by atoms with Gasteiger partial charge in [-0.05, 0) is 35.9 Å². The Hall–Kier alpha value is -3.28. The summed E-state index contributed by atoms with van der Waals surface area (Å²) in [5.74, 6) is -3.81. The maximum atomic E-state index is 15.2. The van der Waals surface area contributed by atoms with E-state index in [1.54, 1.807) is 20.8 Å². The number of hydrogen-bond donors (Lipinski definition) is 2. The third kappa shape index (κ3) is 6.65. The molecule has 2 N–H and O–H groups in total. The van der Waals surface area contributed by atoms with E-state index < -0.39 is 62.5 Å². The number of nitrogens with one attached hydrogen (secondary N) is 1. The van der Waals surface area contributed by atoms with Crippen molar-refractivity contribution in [1.29, 1.82) is 0 Å². The van der Waals surface area contributed by atoms with Crippen LogP contribution in [-0.2, 0) is 31.1 Å². The van der Waals surface area contributed by atoms with Crippen LogP contribution in [0.3, 0.4) is 0 Å². The quantitative estimate of drug-likeness (QED) is 0.475. The number of halogens is 3. The van der Waals surface area contributed by atoms with Gasteiger partial charge in [-0.25, -0.2) is 12.8 Å². The molecule has 0 bridgehead atoms. The summed E-state index contributed by atoms with van der Waals surface area (Å²) >= 11 is 0. The van der Waals surface area contributed by atoms with E-state index in [0.717, 1.165) is 12.1 Å². The number of ether oxygens (including phenoxy) is 2. The number of sulfone groups is 1. The zero-order valence-electron chi connectivity index (χ0n) is 19.5. The van der Waals surface area contributed by atoms with Gasteiger partial charge in [0.15, 0.2) is 11.5 Å². The number of carbonyl (C=O) groups is 2. The topological polar surface area (TPSA) is 119 Å². The van der Waals surface area contributed by atoms with Gasteiger partial charge in [-0.1, -0.05) is 26.8 Å². The maximum absolute atomic E-state index is 15.2. The standard InChI is InChI=1S/C23H26F3NO7S/c1-22(2,3)21(30)27-15-6-8-17(16(13-15)23(25,26)35(31,32)10-9-24)34-19-11-14(12-20(28)29)5-7-18(19)33-4/h5-8,11,13H,9-10,12H2,1-4H3,(H,27,30)(H,28,29). The average molecular weight is 518 g/mol. The molecule has 0 aliphatic rings. The highest BCUT2D eigenvalue weighted by Crippen LogP contribution is 2.44. The zero-order chi connectivity index (χ0) is 26.6. The minimum atomic E-state index is -5.30. The first-order chi connectivity index (χ1) is 16.1. The molecule has 0 aliphatic heterocycles. The highest BCUT2D eigenvalue weighted by Gasteiger charge is 2.48. The molecule has 0 radical (unpaired) electrons. The van der Waals surface area contributed by atoms with Gasteiger partial charge >= 0.3 is 11.2 Å². The van der Waals surface area contributed by atoms with E-state index in [0.29, 0.717) is 0 Å². The number of carboxylic acid groups (broad SMARTS) is 1. The van der Waals surface area contributed by atoms with Gasteiger partial charge in [-0.15, -0.1) is 0 Å². The Morgan fingerprint density at radius 3 is 2.20 bits per heavy atom. The number of rotatable bonds is 10. The number of carboxylic acids is 1. The molecule has 0 aromatic heterocycles. The normalized spacial score (nSPS) is 12.2. The summed E-state index contributed by atoms with van der Waals surface area (Å²) in [4.78, 5) is 23.4. The van der Waals surface area contributed by atoms with Gasteiger partial charge in [0.1, 0.15) is 12.4 Å². The molecule has 0 heterocycles. The van der Waals surface area contributed by atoms with Crippen LogP contribution in [0.15, 0.2) is 36.4 Å². The van der Waals surface area contributed by atoms with Crippen LogP contribution < -0.4 is 14.8 Å². The lowest BCUT2D eigenvalue weighted by Crippen LogP contribution is -2.31. The lowest BCUT2D eigenvalue weighted by Gasteiger charge is -2.23. The Balaban J connectivity index is 2.65. The number of benzene rings is 2. The molecule has 0 atom stereocenters. The van der Waals surface area contributed by atoms with Crippen molar-refractivity contribution >= 4 is 27.4 Å². The van der Waals surface area contributed by atoms with Crippen LogP contribution >= 0.6 is 0 Å². The molecule has 1 amide bonds. The smallest absolute Gasteiger partial charge is 0.374 e. The van der Waals surface area contributed by atoms with E-state index in [9.17, 15) is 22.4 Å². The van der Waals surface area contributed by atoms with E-state index >= 15 is 8.78 Å². The van der Waals surface area contributed by atoms with Crippen molar-refractivity contribution in [3.8, 4) is 17.2 Å². The van der Waals surface area contributed by atoms with Crippen molar-refractivity contribution in [1.82, 2.24) is 0 Å². The predicted molar refractivity (Wildman–Crippen MR) is 123 cm³/mol. The number of carbonyl (C=O) groups excluding carboxylic acids is 1. The van der Waals surface area contributed by atoms with E-state index in [1.165, 1.54) is 31.4 Å². The van der Waals surface area contributed by atoms with Crippen LogP contribution in [0.1, 0.15) is 31.9 Å². The summed E-state index contributed by atoms with van der Waals surface area (Å²) in [6, 6.07) is 7.04. The van der Waals surface area contributed by atoms with Gasteiger partial charge in [-0.2, -0.15) is 8.78 Å². The van der Waals surface area contributed by atoms with Gasteiger partial charge < -0.3 is 19.9 Å². The maximum Gasteiger partial charge on any atom is 0.374 e. The zero-order valence-corrected chi connectivity index (χ0v) is 20.3. The molecule has 192 valence electrons. The van der Waals surface area contributed by atoms with Crippen LogP contribution in [0.5, 0.6) is 17.2 Å². The molecule has 0 spiro atoms. The minimum Gasteiger partial charge on any atom is -0.493 e. The molecule has 0 unspecified atom stereocenters. The molecule has 2 rings (SSSR count). The fourth-order valence-electron chi connectivity index (χ4n) is 2.84. The van der Waals surface area contributed by atoms with Crippen molar-refractivity contribution in [3.05, 3.63) is 47.5 Å². The van der Waals surface area contributed by atoms with E-state index in [4.69, 9.17) is 14.6 Å². The molecule has 2 aromatic rings. The number of anilines is 1. The van der Waals surface area contributed by atoms with E-state index in [-0.39, 0.29) is 22.7 Å². The molecular formula is C23H26F3NO7S. The molecule has 8 nitrogen and oxygen atoms in total. The summed E-state index contributed by atoms with van der Waals surface area (Å²) in [6.07, 6.45) is -0.397. The molecule has 12 heteroatoms. The summed E-state index contributed by atoms with van der Waals surface area (Å²) in [7, 11) is -4.03. The monoisotopic (exact) mass is 517 g/mol. The van der Waals surface area contributed by atoms with Crippen LogP contribution in [-0.4, -0.2) is 44.9 Å². The number of methoxy groups -OCH3 is 1. The van der Waals surface area contributed by atoms with Crippen LogP contribution in [0, 0.1) is 5.41 Å². The fourth-order valence-corrected chi connectivity index (χ4v) is 3.80. The largest absolute Gasteiger partial charge is 0.493 e. The second-order valence-corrected chi connectivity index (χ2v) is 10.7. The molecule has 0 saturated heterocycles. The SMILES string of the molecule is COc1ccc(CC(=O)O)cc1Oc1ccc(NC(=O)C(C)(C)C)cc1C(F)(F)S(=O)(=O)CCF. The van der Waals surface area contributed by atoms with Crippen molar-refractivity contribution < 1.29 is 45.8 Å². The summed E-state index contributed by atoms with van der Waals surface area (Å²) in [5.41, 5.74) is -1.88. The first kappa shape index (κ1) is 28.0. The molecule has 0 fully saturated rings. The van der Waals surface area contributed by atoms with Crippen molar-refractivity contribution in [2.45, 2.75) is 32.4 Å². The second kappa shape index (κ2) is 10.5. The van der Waals surface area contributed by atoms with Crippen LogP contribution in [0.2, 0.25) is 0 Å². The summed E-state index contributed by atoms with van der Waals surface area (Å²) < 4.78 is 78.3. The average Bonchev–Trinajstić information content (AvgIpc) is 2.73. The lowest BCUT2D eigenvalue weighted by atomic mass is 9.95. The predicted octanol–water partition coefficient (Wildman–Crippen LogP) is 4.53. The van der Waals surface area contributed by atoms with Crippen molar-refractivity contribution in [2.75, 3.05) is 24.9 Å². The van der Waals surface area contributed by atoms with Crippen molar-refractivity contribution in [2.24, 2.45) is 5.41 Å². The molecule has 0 aliphatic carbocycles. The third-order valence-electron chi connectivity index (χ3n) is 4.77. The van der Waals surface area contributed by atoms with Gasteiger partial charge in [0.25, 0.3) is 0 Å². The van der Waals surface area contributed by atoms with E-state index in [2.05, 4.69) is 5.32 Å². The Labute approximate surface area is 201 Å². The van der Waals surface area contributed by atoms with Gasteiger partial charge in [-0.3, -0.25) is 9.59 Å². The molecular weight excluding hydrogens is 491 g/mol. The Bertz CT molecular complexity index is 1210. The number of amides is 1. The van der Waals surface area contributed by atoms with Crippen LogP contribution in [0.25, 0.3) is 0 Å². The summed E-state index contributed by atoms with van der Waals surface area (Å²) in [5, 5.41) is 6.88. The highest BCUT2D eigenvalue weighted by molar-refractivity contribution is 7.92. The highest BCUT2D eigenvalue weighted by atomic mass is 32.2. The Morgan fingerprint density at radius 2 is 1.66 bits per heavy atom. The third-order valence-corrected chi connectivity index (χ3v) is 6.46. The fraction of sp³-hybridized carbons (Fsp3) is 0.391. The van der Waals surface area contributed by atoms with Gasteiger partial charge in [0.2, 0.25) is 15.7 Å². The number of hydrogen-bond acceptors (Lipinski definition) is 6. The lowest BCUT2D eigenvalue weighted by molar-refractivity contribution is -0.136. The first-order valence-electron chi connectivity index (χ1n) is 10.3. The molecule has 2 aromatic carbocycles. The second-order valence-electron chi connectivity index (χ2n) is 8.60. The van der Waals surface area contributed by atoms with Gasteiger partial charge in [0, 0.05) is 11.1 Å².